The molecule has 0 unspecified atom stereocenters. The summed E-state index contributed by atoms with van der Waals surface area (Å²) >= 11 is 0. The fraction of sp³-hybridized carbons (Fsp3) is 0.364. The van der Waals surface area contributed by atoms with Gasteiger partial charge in [0.05, 0.1) is 6.54 Å². The Hall–Kier alpha value is -3.16. The Morgan fingerprint density at radius 1 is 1.10 bits per heavy atom. The minimum Gasteiger partial charge on any atom is -0.465 e. The van der Waals surface area contributed by atoms with Crippen LogP contribution in [0.2, 0.25) is 0 Å². The second kappa shape index (κ2) is 7.93. The van der Waals surface area contributed by atoms with Crippen LogP contribution >= 0.6 is 0 Å². The van der Waals surface area contributed by atoms with Gasteiger partial charge in [0.25, 0.3) is 5.91 Å². The molecule has 1 aliphatic rings. The van der Waals surface area contributed by atoms with E-state index >= 15 is 0 Å². The van der Waals surface area contributed by atoms with Crippen LogP contribution in [0.3, 0.4) is 0 Å². The second-order valence-corrected chi connectivity index (χ2v) is 7.68. The summed E-state index contributed by atoms with van der Waals surface area (Å²) < 4.78 is 37.6. The van der Waals surface area contributed by atoms with Gasteiger partial charge in [0, 0.05) is 29.8 Å². The average Bonchev–Trinajstić information content (AvgIpc) is 3.31. The maximum atomic E-state index is 13.3. The van der Waals surface area contributed by atoms with Crippen LogP contribution in [0.25, 0.3) is 11.0 Å². The van der Waals surface area contributed by atoms with Crippen molar-refractivity contribution in [2.75, 3.05) is 5.32 Å². The summed E-state index contributed by atoms with van der Waals surface area (Å²) in [6.07, 6.45) is -0.178. The SMILES string of the molecule is Cc1ccc(CNC(=O)c2cc3cc(NC(=O)C4CCC(F)(F)CC4)ccc3o2)o1. The smallest absolute Gasteiger partial charge is 0.287 e. The van der Waals surface area contributed by atoms with Gasteiger partial charge in [-0.2, -0.15) is 0 Å². The number of fused-ring (bicyclic) bond motifs is 1. The first-order chi connectivity index (χ1) is 14.3. The molecule has 1 aromatic carbocycles. The number of nitrogens with one attached hydrogen (secondary N) is 2. The number of anilines is 1. The Labute approximate surface area is 171 Å². The van der Waals surface area contributed by atoms with E-state index in [1.54, 1.807) is 30.3 Å². The van der Waals surface area contributed by atoms with E-state index in [4.69, 9.17) is 8.83 Å². The summed E-state index contributed by atoms with van der Waals surface area (Å²) in [5.74, 6) is -2.18. The number of benzene rings is 1. The molecule has 3 aromatic rings. The Balaban J connectivity index is 1.39. The van der Waals surface area contributed by atoms with Crippen molar-refractivity contribution >= 4 is 28.5 Å². The topological polar surface area (TPSA) is 84.5 Å². The van der Waals surface area contributed by atoms with Crippen molar-refractivity contribution in [1.29, 1.82) is 0 Å². The number of hydrogen-bond donors (Lipinski definition) is 2. The molecule has 2 N–H and O–H groups in total. The van der Waals surface area contributed by atoms with Gasteiger partial charge in [0.2, 0.25) is 11.8 Å². The summed E-state index contributed by atoms with van der Waals surface area (Å²) in [4.78, 5) is 24.7. The lowest BCUT2D eigenvalue weighted by Gasteiger charge is -2.27. The average molecular weight is 416 g/mol. The third-order valence-corrected chi connectivity index (χ3v) is 5.31. The van der Waals surface area contributed by atoms with Crippen LogP contribution in [-0.2, 0) is 11.3 Å². The maximum absolute atomic E-state index is 13.3. The molecule has 0 radical (unpaired) electrons. The van der Waals surface area contributed by atoms with Crippen molar-refractivity contribution in [3.8, 4) is 0 Å². The van der Waals surface area contributed by atoms with Crippen molar-refractivity contribution in [2.45, 2.75) is 45.1 Å². The number of amides is 2. The lowest BCUT2D eigenvalue weighted by atomic mass is 9.86. The standard InChI is InChI=1S/C22H22F2N2O4/c1-13-2-4-17(29-13)12-25-21(28)19-11-15-10-16(3-5-18(15)30-19)26-20(27)14-6-8-22(23,24)9-7-14/h2-5,10-11,14H,6-9,12H2,1H3,(H,25,28)(H,26,27). The molecule has 4 rings (SSSR count). The quantitative estimate of drug-likeness (QED) is 0.611. The second-order valence-electron chi connectivity index (χ2n) is 7.68. The monoisotopic (exact) mass is 416 g/mol. The number of aryl methyl sites for hydroxylation is 1. The predicted octanol–water partition coefficient (Wildman–Crippen LogP) is 5.03. The van der Waals surface area contributed by atoms with Crippen LogP contribution in [0.1, 0.15) is 47.8 Å². The molecule has 8 heteroatoms. The number of carbonyl (C=O) groups excluding carboxylic acids is 2. The molecule has 0 saturated heterocycles. The highest BCUT2D eigenvalue weighted by Gasteiger charge is 2.37. The zero-order valence-electron chi connectivity index (χ0n) is 16.5. The molecule has 1 aliphatic carbocycles. The highest BCUT2D eigenvalue weighted by atomic mass is 19.3. The molecular formula is C22H22F2N2O4. The van der Waals surface area contributed by atoms with Crippen molar-refractivity contribution in [2.24, 2.45) is 5.92 Å². The van der Waals surface area contributed by atoms with Gasteiger partial charge in [0.15, 0.2) is 5.76 Å². The van der Waals surface area contributed by atoms with Gasteiger partial charge >= 0.3 is 0 Å². The van der Waals surface area contributed by atoms with Gasteiger partial charge in [0.1, 0.15) is 17.1 Å². The lowest BCUT2D eigenvalue weighted by Crippen LogP contribution is -2.31. The molecule has 1 fully saturated rings. The van der Waals surface area contributed by atoms with E-state index in [1.165, 1.54) is 0 Å². The molecule has 0 aliphatic heterocycles. The van der Waals surface area contributed by atoms with Crippen LogP contribution < -0.4 is 10.6 Å². The first-order valence-corrected chi connectivity index (χ1v) is 9.85. The summed E-state index contributed by atoms with van der Waals surface area (Å²) in [7, 11) is 0. The predicted molar refractivity (Wildman–Crippen MR) is 106 cm³/mol. The molecule has 6 nitrogen and oxygen atoms in total. The number of halogens is 2. The largest absolute Gasteiger partial charge is 0.465 e. The molecule has 1 saturated carbocycles. The van der Waals surface area contributed by atoms with Crippen LogP contribution in [0.5, 0.6) is 0 Å². The van der Waals surface area contributed by atoms with Gasteiger partial charge in [-0.25, -0.2) is 8.78 Å². The van der Waals surface area contributed by atoms with Crippen LogP contribution in [0, 0.1) is 12.8 Å². The van der Waals surface area contributed by atoms with E-state index in [9.17, 15) is 18.4 Å². The molecule has 158 valence electrons. The number of rotatable bonds is 5. The highest BCUT2D eigenvalue weighted by Crippen LogP contribution is 2.36. The first kappa shape index (κ1) is 20.1. The fourth-order valence-corrected chi connectivity index (χ4v) is 3.61. The Morgan fingerprint density at radius 3 is 2.57 bits per heavy atom. The van der Waals surface area contributed by atoms with Crippen molar-refractivity contribution in [3.05, 3.63) is 53.7 Å². The van der Waals surface area contributed by atoms with Crippen LogP contribution in [0.4, 0.5) is 14.5 Å². The van der Waals surface area contributed by atoms with Gasteiger partial charge in [-0.05, 0) is 56.2 Å². The van der Waals surface area contributed by atoms with Gasteiger partial charge in [-0.1, -0.05) is 0 Å². The summed E-state index contributed by atoms with van der Waals surface area (Å²) in [5.41, 5.74) is 1.04. The zero-order chi connectivity index (χ0) is 21.3. The molecule has 0 bridgehead atoms. The number of carbonyl (C=O) groups is 2. The minimum absolute atomic E-state index is 0.145. The maximum Gasteiger partial charge on any atom is 0.287 e. The number of alkyl halides is 2. The number of hydrogen-bond acceptors (Lipinski definition) is 4. The van der Waals surface area contributed by atoms with Crippen molar-refractivity contribution in [1.82, 2.24) is 5.32 Å². The number of furan rings is 2. The van der Waals surface area contributed by atoms with Crippen molar-refractivity contribution < 1.29 is 27.2 Å². The zero-order valence-corrected chi connectivity index (χ0v) is 16.5. The fourth-order valence-electron chi connectivity index (χ4n) is 3.61. The van der Waals surface area contributed by atoms with E-state index in [-0.39, 0.29) is 49.8 Å². The van der Waals surface area contributed by atoms with Crippen LogP contribution in [-0.4, -0.2) is 17.7 Å². The van der Waals surface area contributed by atoms with E-state index in [2.05, 4.69) is 10.6 Å². The lowest BCUT2D eigenvalue weighted by molar-refractivity contribution is -0.124. The Morgan fingerprint density at radius 2 is 1.87 bits per heavy atom. The Bertz CT molecular complexity index is 1080. The molecular weight excluding hydrogens is 394 g/mol. The molecule has 30 heavy (non-hydrogen) atoms. The molecule has 0 atom stereocenters. The molecule has 0 spiro atoms. The summed E-state index contributed by atoms with van der Waals surface area (Å²) in [6, 6.07) is 10.2. The molecule has 2 heterocycles. The van der Waals surface area contributed by atoms with E-state index in [1.807, 2.05) is 13.0 Å². The van der Waals surface area contributed by atoms with Crippen molar-refractivity contribution in [3.63, 3.8) is 0 Å². The van der Waals surface area contributed by atoms with E-state index in [0.717, 1.165) is 5.76 Å². The third-order valence-electron chi connectivity index (χ3n) is 5.31. The van der Waals surface area contributed by atoms with Gasteiger partial charge in [-0.15, -0.1) is 0 Å². The van der Waals surface area contributed by atoms with Crippen LogP contribution in [0.15, 0.2) is 45.2 Å². The third kappa shape index (κ3) is 4.53. The molecule has 2 aromatic heterocycles. The van der Waals surface area contributed by atoms with E-state index < -0.39 is 11.8 Å². The first-order valence-electron chi connectivity index (χ1n) is 9.85. The highest BCUT2D eigenvalue weighted by molar-refractivity contribution is 5.98. The Kier molecular flexibility index (Phi) is 5.32. The van der Waals surface area contributed by atoms with Gasteiger partial charge in [-0.3, -0.25) is 9.59 Å². The molecule has 2 amide bonds. The summed E-state index contributed by atoms with van der Waals surface area (Å²) in [6.45, 7) is 2.07. The van der Waals surface area contributed by atoms with E-state index in [0.29, 0.717) is 22.4 Å². The minimum atomic E-state index is -2.67. The summed E-state index contributed by atoms with van der Waals surface area (Å²) in [5, 5.41) is 6.16. The van der Waals surface area contributed by atoms with Gasteiger partial charge < -0.3 is 19.5 Å². The normalized spacial score (nSPS) is 16.5.